The summed E-state index contributed by atoms with van der Waals surface area (Å²) in [4.78, 5) is 31.5. The lowest BCUT2D eigenvalue weighted by molar-refractivity contribution is -0.134. The van der Waals surface area contributed by atoms with Gasteiger partial charge in [-0.3, -0.25) is 4.84 Å². The van der Waals surface area contributed by atoms with Crippen LogP contribution in [0.25, 0.3) is 10.9 Å². The smallest absolute Gasteiger partial charge is 0.328 e. The molecular formula is C32H40N4O5S. The van der Waals surface area contributed by atoms with E-state index in [-0.39, 0.29) is 6.10 Å². The second kappa shape index (κ2) is 14.9. The molecule has 10 heteroatoms. The number of aromatic amines is 1. The van der Waals surface area contributed by atoms with Gasteiger partial charge in [-0.15, -0.1) is 0 Å². The topological polar surface area (TPSA) is 118 Å². The maximum Gasteiger partial charge on any atom is 0.328 e. The maximum atomic E-state index is 9.55. The molecule has 9 nitrogen and oxygen atoms in total. The zero-order valence-electron chi connectivity index (χ0n) is 24.2. The van der Waals surface area contributed by atoms with E-state index in [2.05, 4.69) is 53.4 Å². The minimum Gasteiger partial charge on any atom is -0.478 e. The van der Waals surface area contributed by atoms with E-state index in [0.717, 1.165) is 23.8 Å². The van der Waals surface area contributed by atoms with Crippen molar-refractivity contribution in [2.24, 2.45) is 0 Å². The van der Waals surface area contributed by atoms with Crippen molar-refractivity contribution in [1.29, 1.82) is 0 Å². The number of rotatable bonds is 8. The molecule has 42 heavy (non-hydrogen) atoms. The van der Waals surface area contributed by atoms with Gasteiger partial charge in [-0.05, 0) is 106 Å². The van der Waals surface area contributed by atoms with Crippen molar-refractivity contribution in [2.45, 2.75) is 70.4 Å². The highest BCUT2D eigenvalue weighted by Crippen LogP contribution is 2.39. The van der Waals surface area contributed by atoms with E-state index in [0.29, 0.717) is 23.2 Å². The van der Waals surface area contributed by atoms with Crippen molar-refractivity contribution >= 4 is 51.5 Å². The third kappa shape index (κ3) is 8.40. The average molecular weight is 593 g/mol. The second-order valence-electron chi connectivity index (χ2n) is 10.8. The SMILES string of the molecule is CCC(C)ON(C(=S)Nc1ccc2[nH]cc(C3CCN4CCCCC4C3)c2c1)c1ccccc1.O=C(O)/C=C/C(=O)O. The number of aliphatic carboxylic acids is 2. The molecule has 2 fully saturated rings. The van der Waals surface area contributed by atoms with Gasteiger partial charge >= 0.3 is 11.9 Å². The quantitative estimate of drug-likeness (QED) is 0.131. The average Bonchev–Trinajstić information content (AvgIpc) is 3.42. The van der Waals surface area contributed by atoms with Gasteiger partial charge in [0, 0.05) is 41.0 Å². The highest BCUT2D eigenvalue weighted by Gasteiger charge is 2.31. The Morgan fingerprint density at radius 3 is 2.55 bits per heavy atom. The molecule has 1 aromatic heterocycles. The van der Waals surface area contributed by atoms with Crippen molar-refractivity contribution in [3.05, 3.63) is 72.4 Å². The van der Waals surface area contributed by atoms with Crippen molar-refractivity contribution in [1.82, 2.24) is 9.88 Å². The van der Waals surface area contributed by atoms with Gasteiger partial charge in [-0.1, -0.05) is 31.5 Å². The minimum absolute atomic E-state index is 0.0596. The lowest BCUT2D eigenvalue weighted by Crippen LogP contribution is -2.44. The fourth-order valence-electron chi connectivity index (χ4n) is 5.59. The number of hydrogen-bond acceptors (Lipinski definition) is 5. The number of hydrogen-bond donors (Lipinski definition) is 4. The van der Waals surface area contributed by atoms with Gasteiger partial charge in [0.2, 0.25) is 5.11 Å². The van der Waals surface area contributed by atoms with E-state index in [1.807, 2.05) is 30.3 Å². The summed E-state index contributed by atoms with van der Waals surface area (Å²) < 4.78 is 0. The van der Waals surface area contributed by atoms with Crippen molar-refractivity contribution in [2.75, 3.05) is 23.5 Å². The summed E-state index contributed by atoms with van der Waals surface area (Å²) in [5.41, 5.74) is 4.55. The summed E-state index contributed by atoms with van der Waals surface area (Å²) in [6.45, 7) is 6.69. The number of anilines is 2. The van der Waals surface area contributed by atoms with E-state index >= 15 is 0 Å². The van der Waals surface area contributed by atoms with Crippen LogP contribution >= 0.6 is 12.2 Å². The first-order valence-corrected chi connectivity index (χ1v) is 15.0. The summed E-state index contributed by atoms with van der Waals surface area (Å²) in [5, 5.41) is 22.6. The number of carboxylic acids is 2. The van der Waals surface area contributed by atoms with Crippen LogP contribution in [0.2, 0.25) is 0 Å². The first kappa shape index (κ1) is 31.2. The van der Waals surface area contributed by atoms with Crippen molar-refractivity contribution in [3.8, 4) is 0 Å². The van der Waals surface area contributed by atoms with Crippen LogP contribution in [-0.4, -0.2) is 62.4 Å². The fourth-order valence-corrected chi connectivity index (χ4v) is 5.86. The number of carboxylic acid groups (broad SMARTS) is 2. The van der Waals surface area contributed by atoms with Gasteiger partial charge in [-0.2, -0.15) is 5.06 Å². The molecule has 0 aliphatic carbocycles. The van der Waals surface area contributed by atoms with Gasteiger partial charge in [0.15, 0.2) is 0 Å². The standard InChI is InChI=1S/C28H36N4OS.C4H4O4/c1-3-20(2)33-32(23-9-5-4-6-10-23)28(34)30-22-12-13-27-25(18-22)26(19-29-27)21-14-16-31-15-8-7-11-24(31)17-21;5-3(6)1-2-4(7)8/h4-6,9-10,12-13,18-21,24,29H,3,7-8,11,14-17H2,1-2H3,(H,30,34);1-2H,(H,5,6)(H,7,8)/b;2-1+. The summed E-state index contributed by atoms with van der Waals surface area (Å²) in [6, 6.07) is 17.3. The molecule has 2 aromatic carbocycles. The van der Waals surface area contributed by atoms with Crippen LogP contribution in [0.5, 0.6) is 0 Å². The second-order valence-corrected chi connectivity index (χ2v) is 11.2. The highest BCUT2D eigenvalue weighted by molar-refractivity contribution is 7.80. The third-order valence-corrected chi connectivity index (χ3v) is 8.15. The monoisotopic (exact) mass is 592 g/mol. The zero-order valence-corrected chi connectivity index (χ0v) is 25.0. The molecule has 0 spiro atoms. The van der Waals surface area contributed by atoms with E-state index in [9.17, 15) is 9.59 Å². The van der Waals surface area contributed by atoms with Gasteiger partial charge in [-0.25, -0.2) is 9.59 Å². The first-order valence-electron chi connectivity index (χ1n) is 14.6. The zero-order chi connectivity index (χ0) is 30.1. The Morgan fingerprint density at radius 2 is 1.86 bits per heavy atom. The molecule has 0 bridgehead atoms. The van der Waals surface area contributed by atoms with Crippen molar-refractivity contribution in [3.63, 3.8) is 0 Å². The maximum absolute atomic E-state index is 9.55. The minimum atomic E-state index is -1.26. The van der Waals surface area contributed by atoms with Crippen LogP contribution in [0.4, 0.5) is 11.4 Å². The fraction of sp³-hybridized carbons (Fsp3) is 0.406. The number of thiocarbonyl (C=S) groups is 1. The predicted molar refractivity (Wildman–Crippen MR) is 170 cm³/mol. The van der Waals surface area contributed by atoms with E-state index in [4.69, 9.17) is 27.3 Å². The molecule has 2 saturated heterocycles. The lowest BCUT2D eigenvalue weighted by Gasteiger charge is -2.42. The molecular weight excluding hydrogens is 552 g/mol. The summed E-state index contributed by atoms with van der Waals surface area (Å²) >= 11 is 5.81. The van der Waals surface area contributed by atoms with E-state index < -0.39 is 11.9 Å². The largest absolute Gasteiger partial charge is 0.478 e. The highest BCUT2D eigenvalue weighted by atomic mass is 32.1. The van der Waals surface area contributed by atoms with Crippen LogP contribution < -0.4 is 10.4 Å². The van der Waals surface area contributed by atoms with E-state index in [1.165, 1.54) is 61.7 Å². The van der Waals surface area contributed by atoms with Crippen LogP contribution in [0, 0.1) is 0 Å². The molecule has 5 rings (SSSR count). The van der Waals surface area contributed by atoms with Gasteiger partial charge in [0.05, 0.1) is 11.8 Å². The Morgan fingerprint density at radius 1 is 1.12 bits per heavy atom. The Kier molecular flexibility index (Phi) is 11.1. The van der Waals surface area contributed by atoms with Crippen LogP contribution in [-0.2, 0) is 14.4 Å². The first-order chi connectivity index (χ1) is 20.2. The molecule has 2 aliphatic rings. The summed E-state index contributed by atoms with van der Waals surface area (Å²) in [7, 11) is 0. The number of nitrogens with one attached hydrogen (secondary N) is 2. The molecule has 0 radical (unpaired) electrons. The van der Waals surface area contributed by atoms with Crippen LogP contribution in [0.15, 0.2) is 66.9 Å². The van der Waals surface area contributed by atoms with Gasteiger partial charge in [0.25, 0.3) is 0 Å². The third-order valence-electron chi connectivity index (χ3n) is 7.88. The number of benzene rings is 2. The van der Waals surface area contributed by atoms with Gasteiger partial charge in [0.1, 0.15) is 0 Å². The normalized spacial score (nSPS) is 19.4. The number of carbonyl (C=O) groups is 2. The Labute approximate surface area is 252 Å². The molecule has 3 unspecified atom stereocenters. The number of fused-ring (bicyclic) bond motifs is 2. The molecule has 3 atom stereocenters. The molecule has 3 aromatic rings. The number of H-pyrrole nitrogens is 1. The Bertz CT molecular complexity index is 1380. The number of hydroxylamine groups is 1. The Hall–Kier alpha value is -3.73. The molecule has 224 valence electrons. The van der Waals surface area contributed by atoms with E-state index in [1.54, 1.807) is 5.06 Å². The molecule has 0 saturated carbocycles. The lowest BCUT2D eigenvalue weighted by atomic mass is 9.82. The number of piperidine rings is 2. The molecule has 4 N–H and O–H groups in total. The molecule has 3 heterocycles. The summed E-state index contributed by atoms with van der Waals surface area (Å²) in [6.07, 6.45) is 10.9. The van der Waals surface area contributed by atoms with Gasteiger partial charge < -0.3 is 25.4 Å². The van der Waals surface area contributed by atoms with Crippen LogP contribution in [0.1, 0.15) is 63.9 Å². The van der Waals surface area contributed by atoms with Crippen LogP contribution in [0.3, 0.4) is 0 Å². The van der Waals surface area contributed by atoms with Crippen molar-refractivity contribution < 1.29 is 24.6 Å². The molecule has 2 aliphatic heterocycles. The number of aromatic nitrogens is 1. The molecule has 0 amide bonds. The number of para-hydroxylation sites is 1. The summed E-state index contributed by atoms with van der Waals surface area (Å²) in [5.74, 6) is -1.90. The number of nitrogens with zero attached hydrogens (tertiary/aromatic N) is 2. The Balaban J connectivity index is 0.000000446. The predicted octanol–water partition coefficient (Wildman–Crippen LogP) is 6.55.